The molecule has 1 aromatic carbocycles. The molecule has 0 heterocycles. The Morgan fingerprint density at radius 1 is 1.36 bits per heavy atom. The lowest BCUT2D eigenvalue weighted by Crippen LogP contribution is -1.93. The van der Waals surface area contributed by atoms with Gasteiger partial charge in [-0.15, -0.1) is 0 Å². The molecule has 0 fully saturated rings. The van der Waals surface area contributed by atoms with Crippen LogP contribution in [0.25, 0.3) is 6.08 Å². The molecule has 0 aliphatic heterocycles. The van der Waals surface area contributed by atoms with E-state index in [-0.39, 0.29) is 0 Å². The van der Waals surface area contributed by atoms with Crippen molar-refractivity contribution in [1.82, 2.24) is 0 Å². The smallest absolute Gasteiger partial charge is 0.0697 e. The van der Waals surface area contributed by atoms with Gasteiger partial charge in [-0.2, -0.15) is 0 Å². The fourth-order valence-electron chi connectivity index (χ4n) is 1.65. The molecule has 1 aromatic rings. The molecule has 0 saturated carbocycles. The van der Waals surface area contributed by atoms with Crippen molar-refractivity contribution in [2.24, 2.45) is 4.99 Å². The van der Waals surface area contributed by atoms with Gasteiger partial charge in [-0.3, -0.25) is 4.99 Å². The summed E-state index contributed by atoms with van der Waals surface area (Å²) in [6, 6.07) is 4.22. The lowest BCUT2D eigenvalue weighted by Gasteiger charge is -2.12. The maximum atomic E-state index is 3.98. The van der Waals surface area contributed by atoms with Crippen LogP contribution in [0.15, 0.2) is 23.7 Å². The number of aliphatic imine (C=N–C) groups is 1. The molecule has 0 aliphatic rings. The monoisotopic (exact) mass is 187 g/mol. The van der Waals surface area contributed by atoms with Gasteiger partial charge in [0.2, 0.25) is 0 Å². The van der Waals surface area contributed by atoms with Crippen LogP contribution in [-0.2, 0) is 0 Å². The van der Waals surface area contributed by atoms with Crippen molar-refractivity contribution < 1.29 is 0 Å². The van der Waals surface area contributed by atoms with E-state index in [1.54, 1.807) is 0 Å². The highest BCUT2D eigenvalue weighted by molar-refractivity contribution is 5.67. The number of rotatable bonds is 3. The molecular formula is C13H17N. The minimum absolute atomic E-state index is 0.535. The van der Waals surface area contributed by atoms with Crippen LogP contribution in [0.4, 0.5) is 5.69 Å². The average Bonchev–Trinajstić information content (AvgIpc) is 2.16. The minimum Gasteiger partial charge on any atom is -0.264 e. The molecular weight excluding hydrogens is 170 g/mol. The number of hydrogen-bond acceptors (Lipinski definition) is 1. The Morgan fingerprint density at radius 2 is 2.00 bits per heavy atom. The van der Waals surface area contributed by atoms with Crippen LogP contribution >= 0.6 is 0 Å². The second-order valence-electron chi connectivity index (χ2n) is 3.78. The number of benzene rings is 1. The number of hydrogen-bond donors (Lipinski definition) is 0. The SMILES string of the molecule is C=Cc1cc(C(C)C)c(C)cc1N=C. The van der Waals surface area contributed by atoms with Crippen LogP contribution in [0.5, 0.6) is 0 Å². The van der Waals surface area contributed by atoms with Crippen LogP contribution in [0, 0.1) is 6.92 Å². The first-order valence-corrected chi connectivity index (χ1v) is 4.83. The van der Waals surface area contributed by atoms with Gasteiger partial charge in [-0.05, 0) is 48.4 Å². The molecule has 0 saturated heterocycles. The van der Waals surface area contributed by atoms with E-state index in [1.165, 1.54) is 11.1 Å². The van der Waals surface area contributed by atoms with Gasteiger partial charge >= 0.3 is 0 Å². The standard InChI is InChI=1S/C13H17N/c1-6-11-8-12(9(2)3)10(4)7-13(11)14-5/h6-9H,1,5H2,2-4H3. The predicted octanol–water partition coefficient (Wildman–Crippen LogP) is 4.09. The summed E-state index contributed by atoms with van der Waals surface area (Å²) in [4.78, 5) is 3.98. The van der Waals surface area contributed by atoms with E-state index < -0.39 is 0 Å². The van der Waals surface area contributed by atoms with Gasteiger partial charge in [-0.25, -0.2) is 0 Å². The highest BCUT2D eigenvalue weighted by atomic mass is 14.7. The highest BCUT2D eigenvalue weighted by Crippen LogP contribution is 2.28. The second kappa shape index (κ2) is 4.23. The summed E-state index contributed by atoms with van der Waals surface area (Å²) in [5, 5.41) is 0. The summed E-state index contributed by atoms with van der Waals surface area (Å²) >= 11 is 0. The van der Waals surface area contributed by atoms with Crippen molar-refractivity contribution in [3.05, 3.63) is 35.4 Å². The summed E-state index contributed by atoms with van der Waals surface area (Å²) in [6.45, 7) is 13.8. The molecule has 74 valence electrons. The third-order valence-corrected chi connectivity index (χ3v) is 2.43. The zero-order valence-electron chi connectivity index (χ0n) is 9.17. The molecule has 0 aromatic heterocycles. The average molecular weight is 187 g/mol. The van der Waals surface area contributed by atoms with Gasteiger partial charge in [0.15, 0.2) is 0 Å². The quantitative estimate of drug-likeness (QED) is 0.632. The first kappa shape index (κ1) is 10.7. The fourth-order valence-corrected chi connectivity index (χ4v) is 1.65. The Kier molecular flexibility index (Phi) is 3.23. The zero-order chi connectivity index (χ0) is 10.7. The number of nitrogens with zero attached hydrogens (tertiary/aromatic N) is 1. The third kappa shape index (κ3) is 1.92. The summed E-state index contributed by atoms with van der Waals surface area (Å²) in [6.07, 6.45) is 1.83. The normalized spacial score (nSPS) is 10.3. The van der Waals surface area contributed by atoms with Gasteiger partial charge in [-0.1, -0.05) is 26.5 Å². The van der Waals surface area contributed by atoms with Crippen molar-refractivity contribution in [2.45, 2.75) is 26.7 Å². The van der Waals surface area contributed by atoms with Crippen molar-refractivity contribution in [3.63, 3.8) is 0 Å². The van der Waals surface area contributed by atoms with Gasteiger partial charge in [0, 0.05) is 0 Å². The van der Waals surface area contributed by atoms with Crippen LogP contribution in [0.2, 0.25) is 0 Å². The van der Waals surface area contributed by atoms with Gasteiger partial charge < -0.3 is 0 Å². The van der Waals surface area contributed by atoms with E-state index in [4.69, 9.17) is 0 Å². The largest absolute Gasteiger partial charge is 0.264 e. The van der Waals surface area contributed by atoms with Gasteiger partial charge in [0.25, 0.3) is 0 Å². The molecule has 0 radical (unpaired) electrons. The van der Waals surface area contributed by atoms with Gasteiger partial charge in [0.05, 0.1) is 5.69 Å². The molecule has 0 amide bonds. The summed E-state index contributed by atoms with van der Waals surface area (Å²) in [5.74, 6) is 0.535. The Labute approximate surface area is 86.2 Å². The molecule has 0 aliphatic carbocycles. The van der Waals surface area contributed by atoms with Crippen LogP contribution in [0.3, 0.4) is 0 Å². The van der Waals surface area contributed by atoms with E-state index in [9.17, 15) is 0 Å². The molecule has 0 bridgehead atoms. The maximum absolute atomic E-state index is 3.98. The van der Waals surface area contributed by atoms with Crippen molar-refractivity contribution in [1.29, 1.82) is 0 Å². The van der Waals surface area contributed by atoms with Crippen molar-refractivity contribution >= 4 is 18.5 Å². The molecule has 1 nitrogen and oxygen atoms in total. The van der Waals surface area contributed by atoms with E-state index in [1.807, 2.05) is 6.08 Å². The highest BCUT2D eigenvalue weighted by Gasteiger charge is 2.06. The Morgan fingerprint density at radius 3 is 2.43 bits per heavy atom. The Bertz CT molecular complexity index is 362. The first-order chi connectivity index (χ1) is 6.60. The lowest BCUT2D eigenvalue weighted by atomic mass is 9.95. The zero-order valence-corrected chi connectivity index (χ0v) is 9.17. The maximum Gasteiger partial charge on any atom is 0.0697 e. The third-order valence-electron chi connectivity index (χ3n) is 2.43. The van der Waals surface area contributed by atoms with Gasteiger partial charge in [0.1, 0.15) is 0 Å². The summed E-state index contributed by atoms with van der Waals surface area (Å²) in [5.41, 5.74) is 4.61. The molecule has 14 heavy (non-hydrogen) atoms. The van der Waals surface area contributed by atoms with E-state index >= 15 is 0 Å². The second-order valence-corrected chi connectivity index (χ2v) is 3.78. The first-order valence-electron chi connectivity index (χ1n) is 4.83. The molecule has 0 spiro atoms. The summed E-state index contributed by atoms with van der Waals surface area (Å²) < 4.78 is 0. The molecule has 0 N–H and O–H groups in total. The van der Waals surface area contributed by atoms with Crippen molar-refractivity contribution in [2.75, 3.05) is 0 Å². The van der Waals surface area contributed by atoms with E-state index in [0.29, 0.717) is 5.92 Å². The van der Waals surface area contributed by atoms with E-state index in [2.05, 4.69) is 51.2 Å². The van der Waals surface area contributed by atoms with E-state index in [0.717, 1.165) is 11.3 Å². The van der Waals surface area contributed by atoms with Crippen LogP contribution in [-0.4, -0.2) is 6.72 Å². The van der Waals surface area contributed by atoms with Crippen LogP contribution in [0.1, 0.15) is 36.5 Å². The Hall–Kier alpha value is -1.37. The Balaban J connectivity index is 3.37. The minimum atomic E-state index is 0.535. The number of aryl methyl sites for hydroxylation is 1. The molecule has 1 rings (SSSR count). The fraction of sp³-hybridized carbons (Fsp3) is 0.308. The molecule has 1 heteroatoms. The molecule has 0 unspecified atom stereocenters. The molecule has 0 atom stereocenters. The lowest BCUT2D eigenvalue weighted by molar-refractivity contribution is 0.856. The predicted molar refractivity (Wildman–Crippen MR) is 64.6 cm³/mol. The van der Waals surface area contributed by atoms with Crippen LogP contribution < -0.4 is 0 Å². The summed E-state index contributed by atoms with van der Waals surface area (Å²) in [7, 11) is 0. The topological polar surface area (TPSA) is 12.4 Å². The van der Waals surface area contributed by atoms with Crippen molar-refractivity contribution in [3.8, 4) is 0 Å².